The summed E-state index contributed by atoms with van der Waals surface area (Å²) in [6.45, 7) is 6.93. The number of para-hydroxylation sites is 1. The molecule has 3 rings (SSSR count). The molecule has 0 radical (unpaired) electrons. The number of anilines is 2. The van der Waals surface area contributed by atoms with E-state index >= 15 is 0 Å². The number of hydrogen-bond acceptors (Lipinski definition) is 2. The second-order valence-corrected chi connectivity index (χ2v) is 6.06. The fourth-order valence-electron chi connectivity index (χ4n) is 3.02. The van der Waals surface area contributed by atoms with E-state index in [0.717, 1.165) is 29.8 Å². The number of carbonyl (C=O) groups excluding carboxylic acids is 1. The van der Waals surface area contributed by atoms with Crippen molar-refractivity contribution in [2.24, 2.45) is 0 Å². The SMILES string of the molecule is Cc1ccc(C)c(NC(=O)[C@H](C)N2CCc3ccccc32)c1. The number of amides is 1. The van der Waals surface area contributed by atoms with Gasteiger partial charge in [-0.25, -0.2) is 0 Å². The quantitative estimate of drug-likeness (QED) is 0.936. The molecule has 1 aliphatic rings. The molecule has 22 heavy (non-hydrogen) atoms. The Morgan fingerprint density at radius 1 is 1.18 bits per heavy atom. The number of nitrogens with zero attached hydrogens (tertiary/aromatic N) is 1. The Bertz CT molecular complexity index is 708. The Morgan fingerprint density at radius 3 is 2.77 bits per heavy atom. The second-order valence-electron chi connectivity index (χ2n) is 6.06. The van der Waals surface area contributed by atoms with Gasteiger partial charge in [-0.2, -0.15) is 0 Å². The van der Waals surface area contributed by atoms with Crippen LogP contribution in [0.4, 0.5) is 11.4 Å². The van der Waals surface area contributed by atoms with Crippen molar-refractivity contribution in [1.82, 2.24) is 0 Å². The van der Waals surface area contributed by atoms with Gasteiger partial charge >= 0.3 is 0 Å². The first kappa shape index (κ1) is 14.6. The highest BCUT2D eigenvalue weighted by Gasteiger charge is 2.27. The molecule has 1 heterocycles. The highest BCUT2D eigenvalue weighted by molar-refractivity contribution is 5.97. The Morgan fingerprint density at radius 2 is 1.95 bits per heavy atom. The fraction of sp³-hybridized carbons (Fsp3) is 0.316. The van der Waals surface area contributed by atoms with Gasteiger partial charge in [0.1, 0.15) is 6.04 Å². The highest BCUT2D eigenvalue weighted by Crippen LogP contribution is 2.29. The standard InChI is InChI=1S/C19H22N2O/c1-13-8-9-14(2)17(12-13)20-19(22)15(3)21-11-10-16-6-4-5-7-18(16)21/h4-9,12,15H,10-11H2,1-3H3,(H,20,22)/t15-/m0/s1. The Labute approximate surface area is 132 Å². The van der Waals surface area contributed by atoms with Crippen LogP contribution < -0.4 is 10.2 Å². The lowest BCUT2D eigenvalue weighted by atomic mass is 10.1. The van der Waals surface area contributed by atoms with Crippen LogP contribution in [0.25, 0.3) is 0 Å². The number of benzene rings is 2. The molecule has 0 bridgehead atoms. The highest BCUT2D eigenvalue weighted by atomic mass is 16.2. The van der Waals surface area contributed by atoms with Crippen LogP contribution >= 0.6 is 0 Å². The molecular formula is C19H22N2O. The fourth-order valence-corrected chi connectivity index (χ4v) is 3.02. The van der Waals surface area contributed by atoms with Crippen LogP contribution in [0.3, 0.4) is 0 Å². The van der Waals surface area contributed by atoms with Gasteiger partial charge in [-0.1, -0.05) is 30.3 Å². The average molecular weight is 294 g/mol. The summed E-state index contributed by atoms with van der Waals surface area (Å²) in [7, 11) is 0. The summed E-state index contributed by atoms with van der Waals surface area (Å²) < 4.78 is 0. The second kappa shape index (κ2) is 5.84. The van der Waals surface area contributed by atoms with Crippen LogP contribution in [-0.4, -0.2) is 18.5 Å². The van der Waals surface area contributed by atoms with E-state index < -0.39 is 0 Å². The van der Waals surface area contributed by atoms with E-state index in [1.807, 2.05) is 39.0 Å². The van der Waals surface area contributed by atoms with E-state index in [0.29, 0.717) is 0 Å². The molecule has 3 heteroatoms. The van der Waals surface area contributed by atoms with Crippen molar-refractivity contribution in [1.29, 1.82) is 0 Å². The smallest absolute Gasteiger partial charge is 0.246 e. The molecule has 1 N–H and O–H groups in total. The molecule has 2 aromatic carbocycles. The summed E-state index contributed by atoms with van der Waals surface area (Å²) in [4.78, 5) is 14.8. The number of aryl methyl sites for hydroxylation is 2. The summed E-state index contributed by atoms with van der Waals surface area (Å²) in [5.41, 5.74) is 5.66. The third-order valence-electron chi connectivity index (χ3n) is 4.42. The zero-order valence-electron chi connectivity index (χ0n) is 13.4. The van der Waals surface area contributed by atoms with Crippen molar-refractivity contribution in [2.45, 2.75) is 33.2 Å². The summed E-state index contributed by atoms with van der Waals surface area (Å²) in [6, 6.07) is 14.3. The maximum absolute atomic E-state index is 12.6. The van der Waals surface area contributed by atoms with Gasteiger partial charge in [-0.05, 0) is 56.0 Å². The van der Waals surface area contributed by atoms with E-state index in [2.05, 4.69) is 34.5 Å². The molecule has 0 spiro atoms. The summed E-state index contributed by atoms with van der Waals surface area (Å²) in [6.07, 6.45) is 1.01. The molecule has 0 saturated heterocycles. The molecular weight excluding hydrogens is 272 g/mol. The third-order valence-corrected chi connectivity index (χ3v) is 4.42. The lowest BCUT2D eigenvalue weighted by Crippen LogP contribution is -2.41. The van der Waals surface area contributed by atoms with Crippen LogP contribution in [0.15, 0.2) is 42.5 Å². The number of fused-ring (bicyclic) bond motifs is 1. The molecule has 1 atom stereocenters. The molecule has 1 amide bonds. The minimum atomic E-state index is -0.177. The molecule has 0 unspecified atom stereocenters. The number of carbonyl (C=O) groups is 1. The normalized spacial score (nSPS) is 14.6. The van der Waals surface area contributed by atoms with E-state index in [1.54, 1.807) is 0 Å². The average Bonchev–Trinajstić information content (AvgIpc) is 2.94. The van der Waals surface area contributed by atoms with Gasteiger partial charge in [-0.15, -0.1) is 0 Å². The number of hydrogen-bond donors (Lipinski definition) is 1. The maximum Gasteiger partial charge on any atom is 0.246 e. The first-order valence-electron chi connectivity index (χ1n) is 7.79. The monoisotopic (exact) mass is 294 g/mol. The summed E-state index contributed by atoms with van der Waals surface area (Å²) >= 11 is 0. The van der Waals surface area contributed by atoms with E-state index in [9.17, 15) is 4.79 Å². The Kier molecular flexibility index (Phi) is 3.88. The van der Waals surface area contributed by atoms with Gasteiger partial charge in [0.25, 0.3) is 0 Å². The van der Waals surface area contributed by atoms with Gasteiger partial charge in [0.15, 0.2) is 0 Å². The van der Waals surface area contributed by atoms with Crippen molar-refractivity contribution in [2.75, 3.05) is 16.8 Å². The van der Waals surface area contributed by atoms with Gasteiger partial charge in [0, 0.05) is 17.9 Å². The molecule has 2 aromatic rings. The summed E-state index contributed by atoms with van der Waals surface area (Å²) in [5.74, 6) is 0.0467. The Balaban J connectivity index is 1.77. The van der Waals surface area contributed by atoms with Crippen LogP contribution in [-0.2, 0) is 11.2 Å². The molecule has 0 aliphatic carbocycles. The predicted octanol–water partition coefficient (Wildman–Crippen LogP) is 3.69. The maximum atomic E-state index is 12.6. The van der Waals surface area contributed by atoms with Crippen LogP contribution in [0.2, 0.25) is 0 Å². The van der Waals surface area contributed by atoms with Crippen LogP contribution in [0.5, 0.6) is 0 Å². The molecule has 0 saturated carbocycles. The minimum Gasteiger partial charge on any atom is -0.359 e. The van der Waals surface area contributed by atoms with E-state index in [4.69, 9.17) is 0 Å². The predicted molar refractivity (Wildman–Crippen MR) is 91.5 cm³/mol. The van der Waals surface area contributed by atoms with Crippen molar-refractivity contribution >= 4 is 17.3 Å². The van der Waals surface area contributed by atoms with Gasteiger partial charge < -0.3 is 10.2 Å². The zero-order valence-corrected chi connectivity index (χ0v) is 13.4. The van der Waals surface area contributed by atoms with Crippen molar-refractivity contribution in [3.05, 3.63) is 59.2 Å². The number of nitrogens with one attached hydrogen (secondary N) is 1. The van der Waals surface area contributed by atoms with Gasteiger partial charge in [0.2, 0.25) is 5.91 Å². The lowest BCUT2D eigenvalue weighted by Gasteiger charge is -2.26. The van der Waals surface area contributed by atoms with Gasteiger partial charge in [0.05, 0.1) is 0 Å². The Hall–Kier alpha value is -2.29. The molecule has 0 aromatic heterocycles. The van der Waals surface area contributed by atoms with E-state index in [-0.39, 0.29) is 11.9 Å². The van der Waals surface area contributed by atoms with Crippen LogP contribution in [0.1, 0.15) is 23.6 Å². The molecule has 0 fully saturated rings. The largest absolute Gasteiger partial charge is 0.359 e. The van der Waals surface area contributed by atoms with Crippen molar-refractivity contribution in [3.8, 4) is 0 Å². The first-order chi connectivity index (χ1) is 10.6. The molecule has 1 aliphatic heterocycles. The molecule has 3 nitrogen and oxygen atoms in total. The van der Waals surface area contributed by atoms with Crippen molar-refractivity contribution < 1.29 is 4.79 Å². The zero-order chi connectivity index (χ0) is 15.7. The van der Waals surface area contributed by atoms with E-state index in [1.165, 1.54) is 11.3 Å². The molecule has 114 valence electrons. The third kappa shape index (κ3) is 2.71. The first-order valence-corrected chi connectivity index (χ1v) is 7.79. The van der Waals surface area contributed by atoms with Crippen LogP contribution in [0, 0.1) is 13.8 Å². The van der Waals surface area contributed by atoms with Crippen molar-refractivity contribution in [3.63, 3.8) is 0 Å². The van der Waals surface area contributed by atoms with Gasteiger partial charge in [-0.3, -0.25) is 4.79 Å². The summed E-state index contributed by atoms with van der Waals surface area (Å²) in [5, 5.41) is 3.08. The topological polar surface area (TPSA) is 32.3 Å². The number of rotatable bonds is 3. The minimum absolute atomic E-state index is 0.0467. The lowest BCUT2D eigenvalue weighted by molar-refractivity contribution is -0.117.